The lowest BCUT2D eigenvalue weighted by Gasteiger charge is -2.22. The first kappa shape index (κ1) is 22.4. The molecule has 6 nitrogen and oxygen atoms in total. The molecule has 0 bridgehead atoms. The standard InChI is InChI=1S/C21H22ClFN2O4/c1-13(26)24-18(12-15-8-4-6-10-17(15)23)20(27)25-19(21(28)29-2)11-14-7-3-5-9-16(14)22/h3-10,18-19H,11-12H2,1-2H3,(H,24,26)(H,25,27)/t18-,19+/m0/s1. The van der Waals surface area contributed by atoms with Crippen LogP contribution < -0.4 is 10.6 Å². The zero-order valence-corrected chi connectivity index (χ0v) is 16.8. The molecule has 0 spiro atoms. The molecule has 0 aromatic heterocycles. The topological polar surface area (TPSA) is 84.5 Å². The third kappa shape index (κ3) is 6.57. The summed E-state index contributed by atoms with van der Waals surface area (Å²) in [6.07, 6.45) is 0.0304. The molecule has 0 fully saturated rings. The predicted molar refractivity (Wildman–Crippen MR) is 107 cm³/mol. The van der Waals surface area contributed by atoms with Crippen LogP contribution in [0, 0.1) is 5.82 Å². The minimum atomic E-state index is -1.07. The number of ether oxygens (including phenoxy) is 1. The number of hydrogen-bond acceptors (Lipinski definition) is 4. The highest BCUT2D eigenvalue weighted by molar-refractivity contribution is 6.31. The maximum Gasteiger partial charge on any atom is 0.328 e. The first-order chi connectivity index (χ1) is 13.8. The molecule has 0 aliphatic rings. The van der Waals surface area contributed by atoms with Crippen molar-refractivity contribution >= 4 is 29.4 Å². The van der Waals surface area contributed by atoms with Crippen LogP contribution >= 0.6 is 11.6 Å². The summed E-state index contributed by atoms with van der Waals surface area (Å²) in [5, 5.41) is 5.52. The van der Waals surface area contributed by atoms with E-state index in [1.165, 1.54) is 32.2 Å². The Morgan fingerprint density at radius 3 is 2.14 bits per heavy atom. The van der Waals surface area contributed by atoms with E-state index in [9.17, 15) is 18.8 Å². The Bertz CT molecular complexity index is 890. The number of benzene rings is 2. The third-order valence-corrected chi connectivity index (χ3v) is 4.63. The monoisotopic (exact) mass is 420 g/mol. The van der Waals surface area contributed by atoms with Crippen LogP contribution in [0.3, 0.4) is 0 Å². The van der Waals surface area contributed by atoms with Crippen molar-refractivity contribution < 1.29 is 23.5 Å². The Labute approximate surface area is 173 Å². The van der Waals surface area contributed by atoms with Crippen molar-refractivity contribution in [3.05, 3.63) is 70.5 Å². The van der Waals surface area contributed by atoms with Gasteiger partial charge in [0.15, 0.2) is 0 Å². The van der Waals surface area contributed by atoms with Gasteiger partial charge >= 0.3 is 5.97 Å². The summed E-state index contributed by atoms with van der Waals surface area (Å²) >= 11 is 6.15. The minimum Gasteiger partial charge on any atom is -0.467 e. The van der Waals surface area contributed by atoms with Crippen LogP contribution in [-0.4, -0.2) is 37.0 Å². The zero-order chi connectivity index (χ0) is 21.4. The highest BCUT2D eigenvalue weighted by atomic mass is 35.5. The molecule has 2 amide bonds. The lowest BCUT2D eigenvalue weighted by atomic mass is 10.0. The Kier molecular flexibility index (Phi) is 8.15. The third-order valence-electron chi connectivity index (χ3n) is 4.26. The van der Waals surface area contributed by atoms with E-state index < -0.39 is 35.7 Å². The van der Waals surface area contributed by atoms with Crippen LogP contribution in [0.1, 0.15) is 18.1 Å². The number of methoxy groups -OCH3 is 1. The SMILES string of the molecule is COC(=O)[C@@H](Cc1ccccc1Cl)NC(=O)[C@H](Cc1ccccc1F)NC(C)=O. The van der Waals surface area contributed by atoms with E-state index in [4.69, 9.17) is 16.3 Å². The highest BCUT2D eigenvalue weighted by Crippen LogP contribution is 2.17. The van der Waals surface area contributed by atoms with Gasteiger partial charge in [-0.1, -0.05) is 48.0 Å². The molecule has 2 rings (SSSR count). The van der Waals surface area contributed by atoms with E-state index in [1.54, 1.807) is 30.3 Å². The molecule has 0 aliphatic heterocycles. The zero-order valence-electron chi connectivity index (χ0n) is 16.1. The molecule has 2 aromatic carbocycles. The molecule has 0 heterocycles. The number of hydrogen-bond donors (Lipinski definition) is 2. The van der Waals surface area contributed by atoms with Crippen molar-refractivity contribution in [3.63, 3.8) is 0 Å². The Balaban J connectivity index is 2.20. The van der Waals surface area contributed by atoms with Gasteiger partial charge in [-0.15, -0.1) is 0 Å². The lowest BCUT2D eigenvalue weighted by Crippen LogP contribution is -2.53. The quantitative estimate of drug-likeness (QED) is 0.642. The van der Waals surface area contributed by atoms with Gasteiger partial charge in [-0.3, -0.25) is 9.59 Å². The fourth-order valence-corrected chi connectivity index (χ4v) is 3.04. The van der Waals surface area contributed by atoms with Gasteiger partial charge in [0, 0.05) is 24.8 Å². The predicted octanol–water partition coefficient (Wildman–Crippen LogP) is 2.43. The molecule has 29 heavy (non-hydrogen) atoms. The van der Waals surface area contributed by atoms with Gasteiger partial charge in [-0.25, -0.2) is 9.18 Å². The molecule has 0 saturated carbocycles. The molecular weight excluding hydrogens is 399 g/mol. The number of amides is 2. The van der Waals surface area contributed by atoms with Crippen LogP contribution in [0.4, 0.5) is 4.39 Å². The van der Waals surface area contributed by atoms with E-state index in [0.29, 0.717) is 10.6 Å². The fourth-order valence-electron chi connectivity index (χ4n) is 2.83. The minimum absolute atomic E-state index is 0.0714. The van der Waals surface area contributed by atoms with Crippen LogP contribution in [0.25, 0.3) is 0 Å². The molecule has 0 unspecified atom stereocenters. The van der Waals surface area contributed by atoms with Crippen LogP contribution in [0.15, 0.2) is 48.5 Å². The summed E-state index contributed by atoms with van der Waals surface area (Å²) in [5.41, 5.74) is 0.914. The van der Waals surface area contributed by atoms with Gasteiger partial charge in [0.25, 0.3) is 0 Å². The molecule has 2 N–H and O–H groups in total. The molecular formula is C21H22ClFN2O4. The van der Waals surface area contributed by atoms with E-state index in [0.717, 1.165) is 0 Å². The number of carbonyl (C=O) groups is 3. The Morgan fingerprint density at radius 2 is 1.55 bits per heavy atom. The summed E-state index contributed by atoms with van der Waals surface area (Å²) in [6, 6.07) is 10.8. The average Bonchev–Trinajstić information content (AvgIpc) is 2.69. The van der Waals surface area contributed by atoms with Gasteiger partial charge in [0.1, 0.15) is 17.9 Å². The number of esters is 1. The van der Waals surface area contributed by atoms with Gasteiger partial charge in [0.05, 0.1) is 7.11 Å². The number of halogens is 2. The Morgan fingerprint density at radius 1 is 0.966 bits per heavy atom. The summed E-state index contributed by atoms with van der Waals surface area (Å²) in [7, 11) is 1.21. The van der Waals surface area contributed by atoms with E-state index in [1.807, 2.05) is 0 Å². The molecule has 0 saturated heterocycles. The summed E-state index contributed by atoms with van der Waals surface area (Å²) in [5.74, 6) is -2.24. The summed E-state index contributed by atoms with van der Waals surface area (Å²) in [6.45, 7) is 1.25. The number of nitrogens with one attached hydrogen (secondary N) is 2. The number of rotatable bonds is 8. The normalized spacial score (nSPS) is 12.6. The van der Waals surface area contributed by atoms with E-state index in [2.05, 4.69) is 10.6 Å². The largest absolute Gasteiger partial charge is 0.467 e. The van der Waals surface area contributed by atoms with Crippen molar-refractivity contribution in [2.24, 2.45) is 0 Å². The van der Waals surface area contributed by atoms with Crippen molar-refractivity contribution in [1.82, 2.24) is 10.6 Å². The van der Waals surface area contributed by atoms with Gasteiger partial charge < -0.3 is 15.4 Å². The fraction of sp³-hybridized carbons (Fsp3) is 0.286. The van der Waals surface area contributed by atoms with Gasteiger partial charge in [-0.2, -0.15) is 0 Å². The van der Waals surface area contributed by atoms with Crippen LogP contribution in [0.5, 0.6) is 0 Å². The summed E-state index contributed by atoms with van der Waals surface area (Å²) < 4.78 is 18.8. The average molecular weight is 421 g/mol. The van der Waals surface area contributed by atoms with Crippen molar-refractivity contribution in [2.45, 2.75) is 31.8 Å². The van der Waals surface area contributed by atoms with Crippen LogP contribution in [-0.2, 0) is 32.0 Å². The number of carbonyl (C=O) groups excluding carboxylic acids is 3. The second-order valence-corrected chi connectivity index (χ2v) is 6.84. The lowest BCUT2D eigenvalue weighted by molar-refractivity contribution is -0.145. The van der Waals surface area contributed by atoms with Crippen molar-refractivity contribution in [1.29, 1.82) is 0 Å². The molecule has 8 heteroatoms. The Hall–Kier alpha value is -2.93. The molecule has 154 valence electrons. The molecule has 0 aliphatic carbocycles. The smallest absolute Gasteiger partial charge is 0.328 e. The van der Waals surface area contributed by atoms with E-state index >= 15 is 0 Å². The van der Waals surface area contributed by atoms with Crippen molar-refractivity contribution in [2.75, 3.05) is 7.11 Å². The first-order valence-electron chi connectivity index (χ1n) is 8.94. The van der Waals surface area contributed by atoms with Crippen LogP contribution in [0.2, 0.25) is 5.02 Å². The second-order valence-electron chi connectivity index (χ2n) is 6.43. The second kappa shape index (κ2) is 10.6. The molecule has 2 atom stereocenters. The van der Waals surface area contributed by atoms with Crippen molar-refractivity contribution in [3.8, 4) is 0 Å². The maximum absolute atomic E-state index is 14.0. The van der Waals surface area contributed by atoms with Gasteiger partial charge in [-0.05, 0) is 23.3 Å². The maximum atomic E-state index is 14.0. The molecule has 2 aromatic rings. The highest BCUT2D eigenvalue weighted by Gasteiger charge is 2.28. The first-order valence-corrected chi connectivity index (χ1v) is 9.31. The molecule has 0 radical (unpaired) electrons. The van der Waals surface area contributed by atoms with Gasteiger partial charge in [0.2, 0.25) is 11.8 Å². The van der Waals surface area contributed by atoms with E-state index in [-0.39, 0.29) is 18.4 Å². The summed E-state index contributed by atoms with van der Waals surface area (Å²) in [4.78, 5) is 36.6.